The van der Waals surface area contributed by atoms with E-state index in [9.17, 15) is 4.79 Å². The smallest absolute Gasteiger partial charge is 0.271 e. The van der Waals surface area contributed by atoms with Gasteiger partial charge in [0.05, 0.1) is 11.9 Å². The Bertz CT molecular complexity index is 669. The quantitative estimate of drug-likeness (QED) is 0.323. The van der Waals surface area contributed by atoms with E-state index in [2.05, 4.69) is 32.8 Å². The number of nitrogens with one attached hydrogen (secondary N) is 4. The molecule has 1 aliphatic carbocycles. The molecule has 1 aromatic heterocycles. The Morgan fingerprint density at radius 2 is 2.23 bits per heavy atom. The molecule has 9 heteroatoms. The van der Waals surface area contributed by atoms with Crippen LogP contribution in [0, 0.1) is 5.41 Å². The standard InChI is InChI=1S/C17H28N8O/c1-3-4-13(10(2)19)24-14-9-22-15(16(20)26)17(25-14)23-12(7-18)8-21-11-5-6-11/h7-11,13,18,21H,3-6,19H2,1-2H3,(H2,20,26)(H2,23,24,25)/b12-8+,18-7?/t10-,13+/m0/s1. The van der Waals surface area contributed by atoms with Crippen molar-refractivity contribution in [1.29, 1.82) is 5.41 Å². The van der Waals surface area contributed by atoms with Gasteiger partial charge >= 0.3 is 0 Å². The van der Waals surface area contributed by atoms with Crippen molar-refractivity contribution in [1.82, 2.24) is 15.3 Å². The van der Waals surface area contributed by atoms with Crippen molar-refractivity contribution in [2.45, 2.75) is 57.7 Å². The molecule has 0 bridgehead atoms. The molecule has 142 valence electrons. The lowest BCUT2D eigenvalue weighted by Crippen LogP contribution is -2.38. The minimum absolute atomic E-state index is 0.0163. The van der Waals surface area contributed by atoms with Crippen LogP contribution in [0.4, 0.5) is 11.6 Å². The van der Waals surface area contributed by atoms with Gasteiger partial charge in [0.25, 0.3) is 5.91 Å². The lowest BCUT2D eigenvalue weighted by Gasteiger charge is -2.22. The third-order valence-corrected chi connectivity index (χ3v) is 4.04. The van der Waals surface area contributed by atoms with Gasteiger partial charge in [0.1, 0.15) is 5.82 Å². The summed E-state index contributed by atoms with van der Waals surface area (Å²) in [6, 6.07) is 0.418. The number of nitrogens with two attached hydrogens (primary N) is 2. The van der Waals surface area contributed by atoms with E-state index in [0.717, 1.165) is 31.9 Å². The number of amides is 1. The molecule has 9 nitrogen and oxygen atoms in total. The minimum atomic E-state index is -0.691. The van der Waals surface area contributed by atoms with Gasteiger partial charge in [0.2, 0.25) is 0 Å². The highest BCUT2D eigenvalue weighted by molar-refractivity contribution is 5.97. The largest absolute Gasteiger partial charge is 0.386 e. The van der Waals surface area contributed by atoms with E-state index in [1.165, 1.54) is 6.20 Å². The van der Waals surface area contributed by atoms with Gasteiger partial charge < -0.3 is 32.8 Å². The number of hydrogen-bond donors (Lipinski definition) is 6. The van der Waals surface area contributed by atoms with Crippen LogP contribution >= 0.6 is 0 Å². The Morgan fingerprint density at radius 3 is 2.77 bits per heavy atom. The normalized spacial score (nSPS) is 16.5. The van der Waals surface area contributed by atoms with Gasteiger partial charge in [-0.3, -0.25) is 4.79 Å². The van der Waals surface area contributed by atoms with E-state index >= 15 is 0 Å². The molecule has 26 heavy (non-hydrogen) atoms. The maximum Gasteiger partial charge on any atom is 0.271 e. The molecular weight excluding hydrogens is 332 g/mol. The molecule has 2 rings (SSSR count). The summed E-state index contributed by atoms with van der Waals surface area (Å²) in [6.45, 7) is 4.01. The van der Waals surface area contributed by atoms with E-state index in [-0.39, 0.29) is 23.6 Å². The number of anilines is 2. The summed E-state index contributed by atoms with van der Waals surface area (Å²) in [6.07, 6.45) is 8.39. The van der Waals surface area contributed by atoms with E-state index in [1.807, 2.05) is 6.92 Å². The van der Waals surface area contributed by atoms with Crippen molar-refractivity contribution >= 4 is 23.8 Å². The topological polar surface area (TPSA) is 155 Å². The van der Waals surface area contributed by atoms with Gasteiger partial charge in [-0.2, -0.15) is 0 Å². The fraction of sp³-hybridized carbons (Fsp3) is 0.529. The number of hydrogen-bond acceptors (Lipinski definition) is 8. The Labute approximate surface area is 153 Å². The zero-order valence-electron chi connectivity index (χ0n) is 15.2. The summed E-state index contributed by atoms with van der Waals surface area (Å²) in [7, 11) is 0. The lowest BCUT2D eigenvalue weighted by atomic mass is 10.1. The maximum absolute atomic E-state index is 11.7. The van der Waals surface area contributed by atoms with Gasteiger partial charge in [0.15, 0.2) is 11.5 Å². The van der Waals surface area contributed by atoms with E-state index in [4.69, 9.17) is 16.9 Å². The summed E-state index contributed by atoms with van der Waals surface area (Å²) in [4.78, 5) is 20.2. The number of nitrogens with zero attached hydrogens (tertiary/aromatic N) is 2. The van der Waals surface area contributed by atoms with Crippen molar-refractivity contribution in [3.8, 4) is 0 Å². The van der Waals surface area contributed by atoms with Crippen LogP contribution in [0.2, 0.25) is 0 Å². The molecule has 0 unspecified atom stereocenters. The lowest BCUT2D eigenvalue weighted by molar-refractivity contribution is 0.0996. The first kappa shape index (κ1) is 19.6. The van der Waals surface area contributed by atoms with E-state index in [0.29, 0.717) is 17.6 Å². The number of carbonyl (C=O) groups excluding carboxylic acids is 1. The Kier molecular flexibility index (Phi) is 6.90. The fourth-order valence-electron chi connectivity index (χ4n) is 2.40. The zero-order chi connectivity index (χ0) is 19.1. The summed E-state index contributed by atoms with van der Waals surface area (Å²) in [5, 5.41) is 16.9. The molecule has 1 aromatic rings. The summed E-state index contributed by atoms with van der Waals surface area (Å²) < 4.78 is 0. The number of rotatable bonds is 11. The first-order valence-electron chi connectivity index (χ1n) is 8.87. The van der Waals surface area contributed by atoms with Gasteiger partial charge in [-0.25, -0.2) is 9.97 Å². The van der Waals surface area contributed by atoms with Crippen LogP contribution in [0.1, 0.15) is 50.0 Å². The minimum Gasteiger partial charge on any atom is -0.386 e. The Hall–Kier alpha value is -2.68. The molecule has 1 fully saturated rings. The molecule has 2 atom stereocenters. The van der Waals surface area contributed by atoms with E-state index < -0.39 is 5.91 Å². The second-order valence-corrected chi connectivity index (χ2v) is 6.53. The SMILES string of the molecule is CCC[C@@H](Nc1cnc(C(N)=O)c(N/C(C=N)=C/NC2CC2)n1)[C@H](C)N. The maximum atomic E-state index is 11.7. The van der Waals surface area contributed by atoms with Gasteiger partial charge in [-0.15, -0.1) is 0 Å². The highest BCUT2D eigenvalue weighted by Crippen LogP contribution is 2.20. The second kappa shape index (κ2) is 9.14. The number of aromatic nitrogens is 2. The molecule has 1 amide bonds. The Balaban J connectivity index is 2.22. The molecule has 1 saturated carbocycles. The van der Waals surface area contributed by atoms with Gasteiger partial charge in [0, 0.05) is 30.5 Å². The molecular formula is C17H28N8O. The van der Waals surface area contributed by atoms with Crippen LogP contribution in [-0.4, -0.2) is 40.2 Å². The summed E-state index contributed by atoms with van der Waals surface area (Å²) in [5.41, 5.74) is 11.9. The van der Waals surface area contributed by atoms with Crippen molar-refractivity contribution in [2.75, 3.05) is 10.6 Å². The first-order chi connectivity index (χ1) is 12.4. The molecule has 0 radical (unpaired) electrons. The van der Waals surface area contributed by atoms with Crippen molar-refractivity contribution in [3.63, 3.8) is 0 Å². The monoisotopic (exact) mass is 360 g/mol. The van der Waals surface area contributed by atoms with Crippen LogP contribution in [0.15, 0.2) is 18.1 Å². The molecule has 1 aliphatic rings. The molecule has 0 aliphatic heterocycles. The van der Waals surface area contributed by atoms with Crippen molar-refractivity contribution in [2.24, 2.45) is 11.5 Å². The van der Waals surface area contributed by atoms with E-state index in [1.54, 1.807) is 6.20 Å². The summed E-state index contributed by atoms with van der Waals surface area (Å²) >= 11 is 0. The third kappa shape index (κ3) is 5.69. The Morgan fingerprint density at radius 1 is 1.50 bits per heavy atom. The first-order valence-corrected chi connectivity index (χ1v) is 8.87. The van der Waals surface area contributed by atoms with Gasteiger partial charge in [-0.05, 0) is 26.2 Å². The second-order valence-electron chi connectivity index (χ2n) is 6.53. The third-order valence-electron chi connectivity index (χ3n) is 4.04. The molecule has 1 heterocycles. The molecule has 0 aromatic carbocycles. The zero-order valence-corrected chi connectivity index (χ0v) is 15.2. The average molecular weight is 360 g/mol. The predicted molar refractivity (Wildman–Crippen MR) is 103 cm³/mol. The average Bonchev–Trinajstić information content (AvgIpc) is 3.42. The number of primary amides is 1. The molecule has 0 spiro atoms. The highest BCUT2D eigenvalue weighted by atomic mass is 16.1. The fourth-order valence-corrected chi connectivity index (χ4v) is 2.40. The predicted octanol–water partition coefficient (Wildman–Crippen LogP) is 1.16. The van der Waals surface area contributed by atoms with Crippen molar-refractivity contribution < 1.29 is 4.79 Å². The van der Waals surface area contributed by atoms with Crippen LogP contribution in [0.3, 0.4) is 0 Å². The van der Waals surface area contributed by atoms with Gasteiger partial charge in [-0.1, -0.05) is 13.3 Å². The molecule has 8 N–H and O–H groups in total. The highest BCUT2D eigenvalue weighted by Gasteiger charge is 2.20. The van der Waals surface area contributed by atoms with Crippen LogP contribution in [-0.2, 0) is 0 Å². The number of carbonyl (C=O) groups is 1. The van der Waals surface area contributed by atoms with Crippen LogP contribution in [0.25, 0.3) is 0 Å². The molecule has 0 saturated heterocycles. The number of allylic oxidation sites excluding steroid dienone is 1. The summed E-state index contributed by atoms with van der Waals surface area (Å²) in [5.74, 6) is 0.00540. The van der Waals surface area contributed by atoms with Crippen molar-refractivity contribution in [3.05, 3.63) is 23.8 Å². The van der Waals surface area contributed by atoms with Crippen LogP contribution in [0.5, 0.6) is 0 Å². The van der Waals surface area contributed by atoms with Crippen LogP contribution < -0.4 is 27.4 Å².